The molecule has 19 heavy (non-hydrogen) atoms. The zero-order chi connectivity index (χ0) is 14.4. The lowest BCUT2D eigenvalue weighted by Gasteiger charge is -2.30. The molecule has 108 valence electrons. The fourth-order valence-electron chi connectivity index (χ4n) is 2.20. The summed E-state index contributed by atoms with van der Waals surface area (Å²) < 4.78 is 2.21. The first-order valence-corrected chi connectivity index (χ1v) is 8.40. The number of rotatable bonds is 7. The Bertz CT molecular complexity index is 384. The molecule has 0 amide bonds. The van der Waals surface area contributed by atoms with Crippen molar-refractivity contribution in [3.8, 4) is 0 Å². The quantitative estimate of drug-likeness (QED) is 0.692. The number of nitrogens with zero attached hydrogens (tertiary/aromatic N) is 1. The Balaban J connectivity index is 2.36. The molecule has 0 saturated heterocycles. The normalized spacial score (nSPS) is 11.8. The number of halogens is 2. The predicted molar refractivity (Wildman–Crippen MR) is 90.5 cm³/mol. The molecule has 0 aliphatic rings. The fourth-order valence-corrected chi connectivity index (χ4v) is 2.88. The summed E-state index contributed by atoms with van der Waals surface area (Å²) in [4.78, 5) is 2.50. The van der Waals surface area contributed by atoms with Crippen molar-refractivity contribution in [2.75, 3.05) is 13.1 Å². The van der Waals surface area contributed by atoms with Gasteiger partial charge in [0.15, 0.2) is 0 Å². The summed E-state index contributed by atoms with van der Waals surface area (Å²) in [5, 5.41) is 3.51. The molecular formula is C15H24Br2N2. The molecule has 1 rings (SSSR count). The standard InChI is InChI=1S/C15H24Br2N2/c1-11(2)19(12(3)4)8-7-18-10-13-5-6-14(16)15(17)9-13/h5-6,9,11-12,18H,7-8,10H2,1-4H3. The van der Waals surface area contributed by atoms with E-state index in [4.69, 9.17) is 0 Å². The van der Waals surface area contributed by atoms with Crippen LogP contribution in [0.1, 0.15) is 33.3 Å². The van der Waals surface area contributed by atoms with Gasteiger partial charge in [-0.05, 0) is 77.3 Å². The zero-order valence-corrected chi connectivity index (χ0v) is 15.4. The lowest BCUT2D eigenvalue weighted by molar-refractivity contribution is 0.176. The van der Waals surface area contributed by atoms with E-state index in [1.54, 1.807) is 0 Å². The van der Waals surface area contributed by atoms with Gasteiger partial charge in [-0.3, -0.25) is 4.90 Å². The maximum Gasteiger partial charge on any atom is 0.0320 e. The van der Waals surface area contributed by atoms with Crippen LogP contribution in [0.3, 0.4) is 0 Å². The van der Waals surface area contributed by atoms with Crippen LogP contribution in [0.25, 0.3) is 0 Å². The molecule has 1 aromatic carbocycles. The SMILES string of the molecule is CC(C)N(CCNCc1ccc(Br)c(Br)c1)C(C)C. The average molecular weight is 392 g/mol. The molecule has 0 saturated carbocycles. The minimum atomic E-state index is 0.601. The highest BCUT2D eigenvalue weighted by Crippen LogP contribution is 2.23. The summed E-state index contributed by atoms with van der Waals surface area (Å²) in [5.74, 6) is 0. The van der Waals surface area contributed by atoms with Crippen LogP contribution in [0.15, 0.2) is 27.1 Å². The molecule has 0 atom stereocenters. The number of nitrogens with one attached hydrogen (secondary N) is 1. The largest absolute Gasteiger partial charge is 0.311 e. The molecule has 0 aromatic heterocycles. The minimum Gasteiger partial charge on any atom is -0.311 e. The van der Waals surface area contributed by atoms with Crippen LogP contribution in [0.4, 0.5) is 0 Å². The van der Waals surface area contributed by atoms with Gasteiger partial charge in [-0.15, -0.1) is 0 Å². The summed E-state index contributed by atoms with van der Waals surface area (Å²) >= 11 is 7.02. The minimum absolute atomic E-state index is 0.601. The predicted octanol–water partition coefficient (Wildman–Crippen LogP) is 4.42. The van der Waals surface area contributed by atoms with E-state index in [1.165, 1.54) is 5.56 Å². The Morgan fingerprint density at radius 1 is 1.05 bits per heavy atom. The van der Waals surface area contributed by atoms with E-state index in [0.29, 0.717) is 12.1 Å². The van der Waals surface area contributed by atoms with Crippen LogP contribution in [0.5, 0.6) is 0 Å². The molecule has 0 unspecified atom stereocenters. The molecule has 0 bridgehead atoms. The molecule has 1 aromatic rings. The van der Waals surface area contributed by atoms with Gasteiger partial charge in [-0.25, -0.2) is 0 Å². The Labute approximate surface area is 134 Å². The first kappa shape index (κ1) is 17.2. The molecule has 0 fully saturated rings. The Morgan fingerprint density at radius 3 is 2.21 bits per heavy atom. The molecule has 0 spiro atoms. The van der Waals surface area contributed by atoms with Crippen molar-refractivity contribution in [2.45, 2.75) is 46.3 Å². The molecule has 0 aliphatic carbocycles. The first-order chi connectivity index (χ1) is 8.91. The Hall–Kier alpha value is 0.1000. The van der Waals surface area contributed by atoms with Gasteiger partial charge in [-0.1, -0.05) is 6.07 Å². The number of hydrogen-bond donors (Lipinski definition) is 1. The van der Waals surface area contributed by atoms with Gasteiger partial charge in [0.1, 0.15) is 0 Å². The van der Waals surface area contributed by atoms with E-state index >= 15 is 0 Å². The Morgan fingerprint density at radius 2 is 1.68 bits per heavy atom. The van der Waals surface area contributed by atoms with Gasteiger partial charge in [0.05, 0.1) is 0 Å². The van der Waals surface area contributed by atoms with Crippen molar-refractivity contribution >= 4 is 31.9 Å². The molecule has 4 heteroatoms. The Kier molecular flexibility index (Phi) is 7.58. The first-order valence-electron chi connectivity index (χ1n) is 6.82. The number of hydrogen-bond acceptors (Lipinski definition) is 2. The third kappa shape index (κ3) is 5.94. The van der Waals surface area contributed by atoms with Crippen LogP contribution in [-0.4, -0.2) is 30.1 Å². The molecule has 1 N–H and O–H groups in total. The topological polar surface area (TPSA) is 15.3 Å². The van der Waals surface area contributed by atoms with Crippen molar-refractivity contribution < 1.29 is 0 Å². The second-order valence-corrected chi connectivity index (χ2v) is 7.06. The van der Waals surface area contributed by atoms with Crippen molar-refractivity contribution in [1.29, 1.82) is 0 Å². The summed E-state index contributed by atoms with van der Waals surface area (Å²) in [6.45, 7) is 12.0. The lowest BCUT2D eigenvalue weighted by Crippen LogP contribution is -2.41. The lowest BCUT2D eigenvalue weighted by atomic mass is 10.2. The van der Waals surface area contributed by atoms with Crippen molar-refractivity contribution in [3.63, 3.8) is 0 Å². The zero-order valence-electron chi connectivity index (χ0n) is 12.2. The van der Waals surface area contributed by atoms with Crippen molar-refractivity contribution in [3.05, 3.63) is 32.7 Å². The second kappa shape index (κ2) is 8.40. The molecule has 0 aliphatic heterocycles. The molecule has 0 radical (unpaired) electrons. The van der Waals surface area contributed by atoms with E-state index in [0.717, 1.165) is 28.6 Å². The van der Waals surface area contributed by atoms with Gasteiger partial charge < -0.3 is 5.32 Å². The summed E-state index contributed by atoms with van der Waals surface area (Å²) in [6, 6.07) is 7.58. The van der Waals surface area contributed by atoms with Gasteiger partial charge >= 0.3 is 0 Å². The summed E-state index contributed by atoms with van der Waals surface area (Å²) in [5.41, 5.74) is 1.30. The highest BCUT2D eigenvalue weighted by atomic mass is 79.9. The maximum absolute atomic E-state index is 3.53. The molecular weight excluding hydrogens is 368 g/mol. The third-order valence-electron chi connectivity index (χ3n) is 3.19. The average Bonchev–Trinajstić information content (AvgIpc) is 2.32. The highest BCUT2D eigenvalue weighted by Gasteiger charge is 2.12. The van der Waals surface area contributed by atoms with Crippen LogP contribution >= 0.6 is 31.9 Å². The van der Waals surface area contributed by atoms with Crippen LogP contribution in [0, 0.1) is 0 Å². The van der Waals surface area contributed by atoms with E-state index in [2.05, 4.69) is 88.0 Å². The fraction of sp³-hybridized carbons (Fsp3) is 0.600. The van der Waals surface area contributed by atoms with Crippen LogP contribution in [-0.2, 0) is 6.54 Å². The van der Waals surface area contributed by atoms with Crippen LogP contribution < -0.4 is 5.32 Å². The van der Waals surface area contributed by atoms with E-state index in [1.807, 2.05) is 0 Å². The van der Waals surface area contributed by atoms with Crippen molar-refractivity contribution in [2.24, 2.45) is 0 Å². The highest BCUT2D eigenvalue weighted by molar-refractivity contribution is 9.13. The second-order valence-electron chi connectivity index (χ2n) is 5.35. The monoisotopic (exact) mass is 390 g/mol. The summed E-state index contributed by atoms with van der Waals surface area (Å²) in [6.07, 6.45) is 0. The van der Waals surface area contributed by atoms with E-state index in [-0.39, 0.29) is 0 Å². The molecule has 2 nitrogen and oxygen atoms in total. The van der Waals surface area contributed by atoms with Gasteiger partial charge in [0.2, 0.25) is 0 Å². The summed E-state index contributed by atoms with van der Waals surface area (Å²) in [7, 11) is 0. The van der Waals surface area contributed by atoms with Gasteiger partial charge in [0.25, 0.3) is 0 Å². The van der Waals surface area contributed by atoms with Gasteiger partial charge in [-0.2, -0.15) is 0 Å². The number of benzene rings is 1. The maximum atomic E-state index is 3.53. The van der Waals surface area contributed by atoms with E-state index < -0.39 is 0 Å². The van der Waals surface area contributed by atoms with Crippen LogP contribution in [0.2, 0.25) is 0 Å². The van der Waals surface area contributed by atoms with E-state index in [9.17, 15) is 0 Å². The van der Waals surface area contributed by atoms with Gasteiger partial charge in [0, 0.05) is 40.7 Å². The molecule has 0 heterocycles. The van der Waals surface area contributed by atoms with Crippen molar-refractivity contribution in [1.82, 2.24) is 10.2 Å². The third-order valence-corrected chi connectivity index (χ3v) is 5.07. The smallest absolute Gasteiger partial charge is 0.0320 e.